The van der Waals surface area contributed by atoms with E-state index in [1.54, 1.807) is 7.11 Å². The highest BCUT2D eigenvalue weighted by Crippen LogP contribution is 2.27. The van der Waals surface area contributed by atoms with E-state index in [2.05, 4.69) is 22.9 Å². The zero-order valence-corrected chi connectivity index (χ0v) is 16.4. The Bertz CT molecular complexity index is 603. The van der Waals surface area contributed by atoms with Crippen molar-refractivity contribution >= 4 is 23.6 Å². The number of piperidine rings is 1. The van der Waals surface area contributed by atoms with E-state index < -0.39 is 0 Å². The summed E-state index contributed by atoms with van der Waals surface area (Å²) in [5, 5.41) is 9.22. The van der Waals surface area contributed by atoms with Crippen molar-refractivity contribution in [1.82, 2.24) is 16.0 Å². The molecular weight excluding hydrogens is 350 g/mol. The highest BCUT2D eigenvalue weighted by atomic mass is 32.2. The summed E-state index contributed by atoms with van der Waals surface area (Å²) in [5.41, 5.74) is 0.768. The van der Waals surface area contributed by atoms with E-state index in [9.17, 15) is 9.59 Å². The Labute approximate surface area is 159 Å². The van der Waals surface area contributed by atoms with Crippen molar-refractivity contribution in [2.75, 3.05) is 45.6 Å². The molecule has 1 aliphatic heterocycles. The highest BCUT2D eigenvalue weighted by molar-refractivity contribution is 8.00. The molecule has 2 rings (SSSR count). The van der Waals surface area contributed by atoms with E-state index in [1.807, 2.05) is 24.3 Å². The second kappa shape index (κ2) is 10.5. The van der Waals surface area contributed by atoms with Crippen LogP contribution >= 0.6 is 11.8 Å². The van der Waals surface area contributed by atoms with Crippen LogP contribution in [0.15, 0.2) is 29.2 Å². The summed E-state index contributed by atoms with van der Waals surface area (Å²) in [6, 6.07) is 7.43. The van der Waals surface area contributed by atoms with Gasteiger partial charge in [-0.1, -0.05) is 19.1 Å². The highest BCUT2D eigenvalue weighted by Gasteiger charge is 2.27. The summed E-state index contributed by atoms with van der Waals surface area (Å²) in [4.78, 5) is 25.3. The van der Waals surface area contributed by atoms with E-state index in [4.69, 9.17) is 4.74 Å². The van der Waals surface area contributed by atoms with Gasteiger partial charge in [-0.2, -0.15) is 0 Å². The second-order valence-electron chi connectivity index (χ2n) is 6.87. The van der Waals surface area contributed by atoms with Gasteiger partial charge >= 0.3 is 0 Å². The van der Waals surface area contributed by atoms with Crippen molar-refractivity contribution in [1.29, 1.82) is 0 Å². The number of ether oxygens (including phenoxy) is 1. The maximum atomic E-state index is 12.6. The smallest absolute Gasteiger partial charge is 0.252 e. The van der Waals surface area contributed by atoms with Crippen molar-refractivity contribution in [2.45, 2.75) is 24.7 Å². The molecule has 1 aromatic carbocycles. The van der Waals surface area contributed by atoms with Crippen LogP contribution in [0.25, 0.3) is 0 Å². The number of hydrogen-bond donors (Lipinski definition) is 3. The van der Waals surface area contributed by atoms with E-state index in [-0.39, 0.29) is 23.0 Å². The van der Waals surface area contributed by atoms with Crippen LogP contribution in [-0.4, -0.2) is 57.5 Å². The number of hydrogen-bond acceptors (Lipinski definition) is 5. The van der Waals surface area contributed by atoms with Gasteiger partial charge in [0.1, 0.15) is 0 Å². The van der Waals surface area contributed by atoms with Crippen molar-refractivity contribution in [3.05, 3.63) is 29.8 Å². The Hall–Kier alpha value is -1.57. The van der Waals surface area contributed by atoms with Crippen LogP contribution in [0.4, 0.5) is 0 Å². The van der Waals surface area contributed by atoms with Crippen LogP contribution in [0, 0.1) is 5.41 Å². The summed E-state index contributed by atoms with van der Waals surface area (Å²) in [5.74, 6) is 0.134. The molecule has 0 spiro atoms. The average molecular weight is 380 g/mol. The van der Waals surface area contributed by atoms with Crippen LogP contribution in [0.3, 0.4) is 0 Å². The average Bonchev–Trinajstić information content (AvgIpc) is 2.65. The molecule has 0 atom stereocenters. The van der Waals surface area contributed by atoms with Crippen molar-refractivity contribution in [2.24, 2.45) is 5.41 Å². The molecule has 0 aliphatic carbocycles. The fourth-order valence-electron chi connectivity index (χ4n) is 2.86. The van der Waals surface area contributed by atoms with Gasteiger partial charge in [0.25, 0.3) is 5.91 Å². The van der Waals surface area contributed by atoms with Crippen LogP contribution in [-0.2, 0) is 9.53 Å². The second-order valence-corrected chi connectivity index (χ2v) is 7.89. The van der Waals surface area contributed by atoms with Crippen LogP contribution < -0.4 is 16.0 Å². The Morgan fingerprint density at radius 3 is 2.69 bits per heavy atom. The van der Waals surface area contributed by atoms with Crippen LogP contribution in [0.1, 0.15) is 30.1 Å². The number of thioether (sulfide) groups is 1. The minimum atomic E-state index is -0.0763. The van der Waals surface area contributed by atoms with Gasteiger partial charge in [0.15, 0.2) is 0 Å². The fraction of sp³-hybridized carbons (Fsp3) is 0.579. The van der Waals surface area contributed by atoms with Crippen LogP contribution in [0.2, 0.25) is 0 Å². The number of rotatable bonds is 9. The zero-order chi connectivity index (χ0) is 18.8. The van der Waals surface area contributed by atoms with Gasteiger partial charge in [-0.25, -0.2) is 0 Å². The van der Waals surface area contributed by atoms with Crippen LogP contribution in [0.5, 0.6) is 0 Å². The van der Waals surface area contributed by atoms with E-state index in [0.29, 0.717) is 25.3 Å². The number of carbonyl (C=O) groups excluding carboxylic acids is 2. The normalized spacial score (nSPS) is 16.1. The van der Waals surface area contributed by atoms with Gasteiger partial charge in [-0.05, 0) is 43.5 Å². The first-order valence-corrected chi connectivity index (χ1v) is 9.99. The van der Waals surface area contributed by atoms with E-state index in [1.165, 1.54) is 11.8 Å². The Balaban J connectivity index is 1.88. The lowest BCUT2D eigenvalue weighted by Gasteiger charge is -2.34. The standard InChI is InChI=1S/C19H29N3O3S/c1-19(7-9-20-10-8-19)14-22-18(24)15-5-3-4-6-16(15)26-13-17(23)21-11-12-25-2/h3-6,20H,7-14H2,1-2H3,(H,21,23)(H,22,24). The number of carbonyl (C=O) groups is 2. The van der Waals surface area contributed by atoms with Gasteiger partial charge in [-0.15, -0.1) is 11.8 Å². The summed E-state index contributed by atoms with van der Waals surface area (Å²) in [6.07, 6.45) is 2.12. The molecule has 7 heteroatoms. The Morgan fingerprint density at radius 1 is 1.23 bits per heavy atom. The lowest BCUT2D eigenvalue weighted by molar-refractivity contribution is -0.118. The molecule has 1 aromatic rings. The van der Waals surface area contributed by atoms with Gasteiger partial charge in [0, 0.05) is 25.1 Å². The first kappa shape index (κ1) is 20.7. The summed E-state index contributed by atoms with van der Waals surface area (Å²) < 4.78 is 4.91. The summed E-state index contributed by atoms with van der Waals surface area (Å²) >= 11 is 1.38. The molecule has 0 saturated carbocycles. The molecule has 0 unspecified atom stereocenters. The molecule has 1 aliphatic rings. The SMILES string of the molecule is COCCNC(=O)CSc1ccccc1C(=O)NCC1(C)CCNCC1. The summed E-state index contributed by atoms with van der Waals surface area (Å²) in [7, 11) is 1.60. The van der Waals surface area contributed by atoms with E-state index >= 15 is 0 Å². The zero-order valence-electron chi connectivity index (χ0n) is 15.6. The number of nitrogens with one attached hydrogen (secondary N) is 3. The molecule has 0 radical (unpaired) electrons. The lowest BCUT2D eigenvalue weighted by atomic mass is 9.81. The molecule has 26 heavy (non-hydrogen) atoms. The van der Waals surface area contributed by atoms with Gasteiger partial charge < -0.3 is 20.7 Å². The van der Waals surface area contributed by atoms with Crippen molar-refractivity contribution < 1.29 is 14.3 Å². The molecule has 0 aromatic heterocycles. The monoisotopic (exact) mass is 379 g/mol. The van der Waals surface area contributed by atoms with Crippen molar-refractivity contribution in [3.8, 4) is 0 Å². The third kappa shape index (κ3) is 6.63. The first-order valence-electron chi connectivity index (χ1n) is 9.00. The summed E-state index contributed by atoms with van der Waals surface area (Å²) in [6.45, 7) is 5.87. The lowest BCUT2D eigenvalue weighted by Crippen LogP contribution is -2.43. The fourth-order valence-corrected chi connectivity index (χ4v) is 3.74. The van der Waals surface area contributed by atoms with Crippen molar-refractivity contribution in [3.63, 3.8) is 0 Å². The quantitative estimate of drug-likeness (QED) is 0.449. The molecule has 144 valence electrons. The molecule has 1 saturated heterocycles. The van der Waals surface area contributed by atoms with Gasteiger partial charge in [0.05, 0.1) is 17.9 Å². The molecule has 2 amide bonds. The largest absolute Gasteiger partial charge is 0.383 e. The Morgan fingerprint density at radius 2 is 1.96 bits per heavy atom. The third-order valence-corrected chi connectivity index (χ3v) is 5.68. The molecule has 0 bridgehead atoms. The van der Waals surface area contributed by atoms with Gasteiger partial charge in [0.2, 0.25) is 5.91 Å². The maximum Gasteiger partial charge on any atom is 0.252 e. The minimum absolute atomic E-state index is 0.0653. The van der Waals surface area contributed by atoms with Gasteiger partial charge in [-0.3, -0.25) is 9.59 Å². The molecule has 6 nitrogen and oxygen atoms in total. The molecular formula is C19H29N3O3S. The predicted octanol–water partition coefficient (Wildman–Crippen LogP) is 1.66. The number of methoxy groups -OCH3 is 1. The molecule has 1 heterocycles. The minimum Gasteiger partial charge on any atom is -0.383 e. The molecule has 3 N–H and O–H groups in total. The third-order valence-electron chi connectivity index (χ3n) is 4.61. The predicted molar refractivity (Wildman–Crippen MR) is 105 cm³/mol. The Kier molecular flexibility index (Phi) is 8.41. The topological polar surface area (TPSA) is 79.5 Å². The maximum absolute atomic E-state index is 12.6. The van der Waals surface area contributed by atoms with E-state index in [0.717, 1.165) is 30.8 Å². The first-order chi connectivity index (χ1) is 12.5. The molecule has 1 fully saturated rings. The number of benzene rings is 1. The number of amides is 2.